The number of anilines is 2. The average Bonchev–Trinajstić information content (AvgIpc) is 3.38. The maximum atomic E-state index is 14.0. The van der Waals surface area contributed by atoms with Crippen LogP contribution in [0, 0.1) is 0 Å². The van der Waals surface area contributed by atoms with E-state index in [0.29, 0.717) is 57.3 Å². The van der Waals surface area contributed by atoms with Crippen molar-refractivity contribution in [3.8, 4) is 11.5 Å². The number of epoxide rings is 1. The lowest BCUT2D eigenvalue weighted by Crippen LogP contribution is -2.23. The van der Waals surface area contributed by atoms with Gasteiger partial charge in [0.05, 0.1) is 63.3 Å². The third-order valence-electron chi connectivity index (χ3n) is 7.69. The fraction of sp³-hybridized carbons (Fsp3) is 0.176. The molecular formula is C34H24N4O8S4. The summed E-state index contributed by atoms with van der Waals surface area (Å²) in [5, 5.41) is 22.4. The second kappa shape index (κ2) is 12.8. The first-order chi connectivity index (χ1) is 24.1. The van der Waals surface area contributed by atoms with Crippen molar-refractivity contribution >= 4 is 93.6 Å². The van der Waals surface area contributed by atoms with Gasteiger partial charge in [0.15, 0.2) is 11.5 Å². The van der Waals surface area contributed by atoms with E-state index in [-0.39, 0.29) is 34.8 Å². The highest BCUT2D eigenvalue weighted by molar-refractivity contribution is 8.26. The Morgan fingerprint density at radius 2 is 1.18 bits per heavy atom. The molecule has 0 radical (unpaired) electrons. The molecule has 2 atom stereocenters. The maximum absolute atomic E-state index is 14.0. The van der Waals surface area contributed by atoms with E-state index < -0.39 is 23.9 Å². The van der Waals surface area contributed by atoms with Crippen LogP contribution >= 0.6 is 47.0 Å². The monoisotopic (exact) mass is 744 g/mol. The Bertz CT molecular complexity index is 1980. The van der Waals surface area contributed by atoms with Gasteiger partial charge < -0.3 is 19.3 Å². The zero-order valence-electron chi connectivity index (χ0n) is 26.4. The minimum atomic E-state index is -1.09. The quantitative estimate of drug-likeness (QED) is 0.138. The molecule has 0 spiro atoms. The van der Waals surface area contributed by atoms with E-state index in [1.807, 2.05) is 24.3 Å². The summed E-state index contributed by atoms with van der Waals surface area (Å²) in [6.07, 6.45) is -1.44. The average molecular weight is 745 g/mol. The van der Waals surface area contributed by atoms with Gasteiger partial charge in [0.1, 0.15) is 17.5 Å². The van der Waals surface area contributed by atoms with E-state index in [0.717, 1.165) is 23.5 Å². The SMILES string of the molecule is CC(=O)Oc1c2c(c(OC(C)=O)c3c1SC(=C1C(=O)N(c4ccccc4)N=C1C1CO1)S3)SC(=C1C(=O)N(c3ccccc3)N=C1C(C)O)S2. The molecule has 3 aromatic rings. The van der Waals surface area contributed by atoms with Crippen LogP contribution in [0.15, 0.2) is 110 Å². The van der Waals surface area contributed by atoms with E-state index in [1.54, 1.807) is 36.4 Å². The van der Waals surface area contributed by atoms with Gasteiger partial charge in [0.2, 0.25) is 0 Å². The van der Waals surface area contributed by atoms with Crippen molar-refractivity contribution in [2.45, 2.75) is 52.6 Å². The van der Waals surface area contributed by atoms with Crippen LogP contribution in [-0.4, -0.2) is 59.1 Å². The summed E-state index contributed by atoms with van der Waals surface area (Å²) in [5.74, 6) is -1.57. The Balaban J connectivity index is 1.25. The molecule has 0 saturated carbocycles. The molecule has 252 valence electrons. The van der Waals surface area contributed by atoms with E-state index >= 15 is 0 Å². The third-order valence-corrected chi connectivity index (χ3v) is 12.9. The summed E-state index contributed by atoms with van der Waals surface area (Å²) in [7, 11) is 0. The van der Waals surface area contributed by atoms with Crippen LogP contribution in [0.25, 0.3) is 0 Å². The second-order valence-electron chi connectivity index (χ2n) is 11.3. The Labute approximate surface area is 302 Å². The van der Waals surface area contributed by atoms with Gasteiger partial charge in [-0.2, -0.15) is 20.2 Å². The number of amides is 2. The van der Waals surface area contributed by atoms with Crippen molar-refractivity contribution in [2.24, 2.45) is 10.2 Å². The highest BCUT2D eigenvalue weighted by atomic mass is 32.2. The molecule has 50 heavy (non-hydrogen) atoms. The largest absolute Gasteiger partial charge is 0.424 e. The van der Waals surface area contributed by atoms with E-state index in [9.17, 15) is 24.3 Å². The van der Waals surface area contributed by atoms with Crippen molar-refractivity contribution in [1.29, 1.82) is 0 Å². The van der Waals surface area contributed by atoms with Crippen LogP contribution in [0.1, 0.15) is 20.8 Å². The van der Waals surface area contributed by atoms with Crippen molar-refractivity contribution in [3.05, 3.63) is 80.3 Å². The number of fused-ring (bicyclic) bond motifs is 2. The van der Waals surface area contributed by atoms with Gasteiger partial charge in [0, 0.05) is 13.8 Å². The van der Waals surface area contributed by atoms with Crippen LogP contribution < -0.4 is 19.5 Å². The Morgan fingerprint density at radius 1 is 0.760 bits per heavy atom. The lowest BCUT2D eigenvalue weighted by atomic mass is 10.1. The van der Waals surface area contributed by atoms with Crippen molar-refractivity contribution in [3.63, 3.8) is 0 Å². The second-order valence-corrected chi connectivity index (χ2v) is 15.9. The molecule has 2 amide bonds. The number of para-hydroxylation sites is 2. The molecule has 5 heterocycles. The summed E-state index contributed by atoms with van der Waals surface area (Å²) in [6.45, 7) is 4.50. The van der Waals surface area contributed by atoms with Crippen LogP contribution in [0.5, 0.6) is 11.5 Å². The minimum Gasteiger partial charge on any atom is -0.424 e. The zero-order valence-corrected chi connectivity index (χ0v) is 29.6. The van der Waals surface area contributed by atoms with E-state index in [4.69, 9.17) is 14.2 Å². The number of aliphatic hydroxyl groups is 1. The molecule has 0 bridgehead atoms. The number of esters is 2. The van der Waals surface area contributed by atoms with Crippen molar-refractivity contribution in [1.82, 2.24) is 0 Å². The zero-order chi connectivity index (χ0) is 34.8. The number of hydrazone groups is 2. The molecule has 2 unspecified atom stereocenters. The summed E-state index contributed by atoms with van der Waals surface area (Å²) in [4.78, 5) is 54.8. The first kappa shape index (κ1) is 32.9. The minimum absolute atomic E-state index is 0.171. The molecule has 8 rings (SSSR count). The number of hydrogen-bond donors (Lipinski definition) is 1. The van der Waals surface area contributed by atoms with Crippen LogP contribution in [0.2, 0.25) is 0 Å². The van der Waals surface area contributed by atoms with Gasteiger partial charge in [-0.25, -0.2) is 0 Å². The number of rotatable bonds is 6. The Kier molecular flexibility index (Phi) is 8.40. The van der Waals surface area contributed by atoms with Crippen LogP contribution in [0.4, 0.5) is 11.4 Å². The summed E-state index contributed by atoms with van der Waals surface area (Å²) in [6, 6.07) is 17.9. The molecule has 1 fully saturated rings. The van der Waals surface area contributed by atoms with Gasteiger partial charge in [-0.05, 0) is 31.2 Å². The number of benzene rings is 3. The number of ether oxygens (including phenoxy) is 3. The summed E-state index contributed by atoms with van der Waals surface area (Å²) >= 11 is 4.73. The first-order valence-corrected chi connectivity index (χ1v) is 18.4. The van der Waals surface area contributed by atoms with Crippen molar-refractivity contribution < 1.29 is 38.5 Å². The lowest BCUT2D eigenvalue weighted by Gasteiger charge is -2.15. The smallest absolute Gasteiger partial charge is 0.308 e. The number of thioether (sulfide) groups is 4. The number of hydrogen-bond acceptors (Lipinski definition) is 14. The fourth-order valence-corrected chi connectivity index (χ4v) is 11.1. The molecule has 12 nitrogen and oxygen atoms in total. The maximum Gasteiger partial charge on any atom is 0.308 e. The summed E-state index contributed by atoms with van der Waals surface area (Å²) in [5.41, 5.74) is 2.31. The highest BCUT2D eigenvalue weighted by Crippen LogP contribution is 2.69. The van der Waals surface area contributed by atoms with Crippen LogP contribution in [-0.2, 0) is 23.9 Å². The van der Waals surface area contributed by atoms with Crippen molar-refractivity contribution in [2.75, 3.05) is 16.6 Å². The van der Waals surface area contributed by atoms with Gasteiger partial charge >= 0.3 is 11.9 Å². The molecule has 5 aliphatic rings. The van der Waals surface area contributed by atoms with Gasteiger partial charge in [-0.1, -0.05) is 83.4 Å². The molecule has 1 saturated heterocycles. The third kappa shape index (κ3) is 5.65. The number of carbonyl (C=O) groups is 4. The Morgan fingerprint density at radius 3 is 1.60 bits per heavy atom. The van der Waals surface area contributed by atoms with E-state index in [2.05, 4.69) is 10.2 Å². The Hall–Kier alpha value is -4.32. The fourth-order valence-electron chi connectivity index (χ4n) is 5.51. The number of aliphatic hydroxyl groups excluding tert-OH is 1. The molecule has 3 aromatic carbocycles. The standard InChI is InChI=1S/C34H24N4O8S4/c1-15(39)23-21(31(42)37(35-23)18-10-6-4-7-11-18)33-47-27-25(45-16(2)40)29-30(26(28(27)48-33)46-17(3)41)50-34(49-29)22-24(20-14-44-20)36-38(32(22)43)19-12-8-5-9-13-19/h4-13,15,20,39H,14H2,1-3H3. The molecule has 1 N–H and O–H groups in total. The topological polar surface area (TPSA) is 151 Å². The first-order valence-electron chi connectivity index (χ1n) is 15.2. The molecule has 5 aliphatic heterocycles. The van der Waals surface area contributed by atoms with Gasteiger partial charge in [-0.3, -0.25) is 19.2 Å². The molecular weight excluding hydrogens is 721 g/mol. The van der Waals surface area contributed by atoms with Gasteiger partial charge in [0.25, 0.3) is 11.8 Å². The summed E-state index contributed by atoms with van der Waals surface area (Å²) < 4.78 is 18.3. The highest BCUT2D eigenvalue weighted by Gasteiger charge is 2.47. The number of carbonyl (C=O) groups excluding carboxylic acids is 4. The molecule has 16 heteroatoms. The van der Waals surface area contributed by atoms with Crippen LogP contribution in [0.3, 0.4) is 0 Å². The molecule has 0 aliphatic carbocycles. The lowest BCUT2D eigenvalue weighted by molar-refractivity contribution is -0.133. The number of nitrogens with zero attached hydrogens (tertiary/aromatic N) is 4. The predicted octanol–water partition coefficient (Wildman–Crippen LogP) is 5.94. The van der Waals surface area contributed by atoms with E-state index in [1.165, 1.54) is 54.3 Å². The molecule has 0 aromatic heterocycles. The van der Waals surface area contributed by atoms with Gasteiger partial charge in [-0.15, -0.1) is 0 Å². The predicted molar refractivity (Wildman–Crippen MR) is 191 cm³/mol. The normalized spacial score (nSPS) is 19.9.